The number of benzene rings is 1. The quantitative estimate of drug-likeness (QED) is 0.879. The Morgan fingerprint density at radius 1 is 1.30 bits per heavy atom. The molecule has 0 atom stereocenters. The summed E-state index contributed by atoms with van der Waals surface area (Å²) in [4.78, 5) is 13.9. The fraction of sp³-hybridized carbons (Fsp3) is 0.533. The van der Waals surface area contributed by atoms with Gasteiger partial charge >= 0.3 is 0 Å². The van der Waals surface area contributed by atoms with Gasteiger partial charge in [0.05, 0.1) is 20.1 Å². The Kier molecular flexibility index (Phi) is 4.49. The molecule has 0 bridgehead atoms. The van der Waals surface area contributed by atoms with E-state index in [4.69, 9.17) is 9.47 Å². The summed E-state index contributed by atoms with van der Waals surface area (Å²) >= 11 is 0. The fourth-order valence-corrected chi connectivity index (χ4v) is 2.30. The number of amides is 1. The Morgan fingerprint density at radius 3 is 2.40 bits per heavy atom. The van der Waals surface area contributed by atoms with Crippen LogP contribution in [0.5, 0.6) is 11.5 Å². The maximum absolute atomic E-state index is 12.1. The van der Waals surface area contributed by atoms with Crippen molar-refractivity contribution < 1.29 is 14.3 Å². The van der Waals surface area contributed by atoms with Crippen LogP contribution in [0.25, 0.3) is 0 Å². The third kappa shape index (κ3) is 2.88. The lowest BCUT2D eigenvalue weighted by molar-refractivity contribution is -0.136. The minimum Gasteiger partial charge on any atom is -0.493 e. The number of aryl methyl sites for hydroxylation is 1. The highest BCUT2D eigenvalue weighted by Gasteiger charge is 2.27. The topological polar surface area (TPSA) is 50.8 Å². The molecule has 1 N–H and O–H groups in total. The van der Waals surface area contributed by atoms with E-state index in [1.807, 2.05) is 26.1 Å². The van der Waals surface area contributed by atoms with Crippen LogP contribution in [0, 0.1) is 12.8 Å². The van der Waals surface area contributed by atoms with Crippen molar-refractivity contribution in [2.24, 2.45) is 5.92 Å². The summed E-state index contributed by atoms with van der Waals surface area (Å²) in [5.74, 6) is 1.73. The van der Waals surface area contributed by atoms with Crippen LogP contribution in [0.4, 0.5) is 0 Å². The van der Waals surface area contributed by atoms with E-state index in [0.717, 1.165) is 24.2 Å². The van der Waals surface area contributed by atoms with Crippen molar-refractivity contribution in [3.8, 4) is 11.5 Å². The zero-order chi connectivity index (χ0) is 14.7. The van der Waals surface area contributed by atoms with Crippen LogP contribution in [0.2, 0.25) is 0 Å². The summed E-state index contributed by atoms with van der Waals surface area (Å²) in [6.07, 6.45) is 0. The average Bonchev–Trinajstić information content (AvgIpc) is 2.38. The predicted octanol–water partition coefficient (Wildman–Crippen LogP) is 1.19. The number of ether oxygens (including phenoxy) is 2. The van der Waals surface area contributed by atoms with Gasteiger partial charge in [0.1, 0.15) is 0 Å². The summed E-state index contributed by atoms with van der Waals surface area (Å²) in [6.45, 7) is 4.17. The Hall–Kier alpha value is -1.75. The van der Waals surface area contributed by atoms with Crippen molar-refractivity contribution in [1.29, 1.82) is 0 Å². The van der Waals surface area contributed by atoms with Crippen molar-refractivity contribution in [3.05, 3.63) is 23.3 Å². The predicted molar refractivity (Wildman–Crippen MR) is 77.1 cm³/mol. The lowest BCUT2D eigenvalue weighted by atomic mass is 10.0. The molecule has 110 valence electrons. The number of methoxy groups -OCH3 is 2. The first kappa shape index (κ1) is 14.7. The lowest BCUT2D eigenvalue weighted by Crippen LogP contribution is -2.51. The maximum Gasteiger partial charge on any atom is 0.228 e. The molecule has 1 amide bonds. The minimum absolute atomic E-state index is 0.125. The van der Waals surface area contributed by atoms with E-state index in [1.54, 1.807) is 19.1 Å². The van der Waals surface area contributed by atoms with E-state index in [9.17, 15) is 4.79 Å². The van der Waals surface area contributed by atoms with Crippen molar-refractivity contribution in [2.75, 3.05) is 34.4 Å². The molecular formula is C15H22N2O3. The van der Waals surface area contributed by atoms with Crippen LogP contribution in [0.3, 0.4) is 0 Å². The van der Waals surface area contributed by atoms with Gasteiger partial charge in [0, 0.05) is 26.7 Å². The molecule has 2 rings (SSSR count). The minimum atomic E-state index is 0.125. The Morgan fingerprint density at radius 2 is 1.90 bits per heavy atom. The van der Waals surface area contributed by atoms with E-state index in [2.05, 4.69) is 5.32 Å². The summed E-state index contributed by atoms with van der Waals surface area (Å²) < 4.78 is 10.6. The number of carbonyl (C=O) groups is 1. The van der Waals surface area contributed by atoms with Crippen LogP contribution in [-0.4, -0.2) is 45.2 Å². The molecule has 1 saturated heterocycles. The van der Waals surface area contributed by atoms with E-state index in [-0.39, 0.29) is 11.8 Å². The number of carbonyl (C=O) groups excluding carboxylic acids is 1. The number of hydrogen-bond donors (Lipinski definition) is 1. The van der Waals surface area contributed by atoms with Crippen molar-refractivity contribution in [3.63, 3.8) is 0 Å². The van der Waals surface area contributed by atoms with Crippen LogP contribution >= 0.6 is 0 Å². The Labute approximate surface area is 119 Å². The Balaban J connectivity index is 2.13. The first-order chi connectivity index (χ1) is 9.56. The molecule has 0 aromatic heterocycles. The fourth-order valence-electron chi connectivity index (χ4n) is 2.30. The second-order valence-corrected chi connectivity index (χ2v) is 5.18. The number of rotatable bonds is 5. The molecule has 0 aliphatic carbocycles. The zero-order valence-electron chi connectivity index (χ0n) is 12.5. The maximum atomic E-state index is 12.1. The van der Waals surface area contributed by atoms with Crippen LogP contribution in [-0.2, 0) is 11.3 Å². The van der Waals surface area contributed by atoms with Gasteiger partial charge in [-0.1, -0.05) is 0 Å². The third-order valence-corrected chi connectivity index (χ3v) is 3.76. The molecule has 1 aliphatic rings. The lowest BCUT2D eigenvalue weighted by Gasteiger charge is -2.30. The molecule has 0 spiro atoms. The van der Waals surface area contributed by atoms with E-state index in [1.165, 1.54) is 0 Å². The van der Waals surface area contributed by atoms with Gasteiger partial charge in [-0.15, -0.1) is 0 Å². The summed E-state index contributed by atoms with van der Waals surface area (Å²) in [5.41, 5.74) is 2.17. The summed E-state index contributed by atoms with van der Waals surface area (Å²) in [5, 5.41) is 3.12. The average molecular weight is 278 g/mol. The highest BCUT2D eigenvalue weighted by molar-refractivity contribution is 5.80. The van der Waals surface area contributed by atoms with Gasteiger partial charge in [-0.05, 0) is 30.2 Å². The monoisotopic (exact) mass is 278 g/mol. The number of nitrogens with zero attached hydrogens (tertiary/aromatic N) is 1. The second-order valence-electron chi connectivity index (χ2n) is 5.18. The molecule has 5 nitrogen and oxygen atoms in total. The van der Waals surface area contributed by atoms with Gasteiger partial charge in [-0.25, -0.2) is 0 Å². The normalized spacial score (nSPS) is 14.6. The van der Waals surface area contributed by atoms with Crippen molar-refractivity contribution in [1.82, 2.24) is 10.2 Å². The molecule has 1 heterocycles. The molecule has 0 saturated carbocycles. The third-order valence-electron chi connectivity index (χ3n) is 3.76. The van der Waals surface area contributed by atoms with Crippen LogP contribution < -0.4 is 14.8 Å². The zero-order valence-corrected chi connectivity index (χ0v) is 12.5. The van der Waals surface area contributed by atoms with Crippen molar-refractivity contribution >= 4 is 5.91 Å². The van der Waals surface area contributed by atoms with E-state index < -0.39 is 0 Å². The first-order valence-corrected chi connectivity index (χ1v) is 6.74. The Bertz CT molecular complexity index is 498. The van der Waals surface area contributed by atoms with Crippen LogP contribution in [0.1, 0.15) is 11.1 Å². The molecule has 0 unspecified atom stereocenters. The van der Waals surface area contributed by atoms with Gasteiger partial charge in [0.2, 0.25) is 5.91 Å². The largest absolute Gasteiger partial charge is 0.493 e. The van der Waals surface area contributed by atoms with Crippen LogP contribution in [0.15, 0.2) is 12.1 Å². The molecule has 0 radical (unpaired) electrons. The molecule has 1 fully saturated rings. The van der Waals surface area contributed by atoms with Gasteiger partial charge in [0.25, 0.3) is 0 Å². The molecule has 20 heavy (non-hydrogen) atoms. The summed E-state index contributed by atoms with van der Waals surface area (Å²) in [6, 6.07) is 3.88. The number of hydrogen-bond acceptors (Lipinski definition) is 4. The van der Waals surface area contributed by atoms with Gasteiger partial charge in [0.15, 0.2) is 11.5 Å². The highest BCUT2D eigenvalue weighted by Crippen LogP contribution is 2.30. The first-order valence-electron chi connectivity index (χ1n) is 6.74. The molecule has 1 aromatic carbocycles. The molecule has 1 aliphatic heterocycles. The molecule has 1 aromatic rings. The van der Waals surface area contributed by atoms with Crippen molar-refractivity contribution in [2.45, 2.75) is 13.5 Å². The van der Waals surface area contributed by atoms with Gasteiger partial charge in [-0.2, -0.15) is 0 Å². The van der Waals surface area contributed by atoms with Gasteiger partial charge in [-0.3, -0.25) is 4.79 Å². The molecule has 5 heteroatoms. The highest BCUT2D eigenvalue weighted by atomic mass is 16.5. The number of nitrogens with one attached hydrogen (secondary N) is 1. The van der Waals surface area contributed by atoms with E-state index >= 15 is 0 Å². The molecular weight excluding hydrogens is 256 g/mol. The SMILES string of the molecule is COc1cc(C)c(CN(C)C(=O)C2CNC2)cc1OC. The standard InChI is InChI=1S/C15H22N2O3/c1-10-5-13(19-3)14(20-4)6-11(10)9-17(2)15(18)12-7-16-8-12/h5-6,12,16H,7-9H2,1-4H3. The second kappa shape index (κ2) is 6.13. The van der Waals surface area contributed by atoms with Gasteiger partial charge < -0.3 is 19.7 Å². The smallest absolute Gasteiger partial charge is 0.228 e. The summed E-state index contributed by atoms with van der Waals surface area (Å²) in [7, 11) is 5.08. The van der Waals surface area contributed by atoms with E-state index in [0.29, 0.717) is 18.0 Å².